The summed E-state index contributed by atoms with van der Waals surface area (Å²) in [6, 6.07) is 6.81. The highest BCUT2D eigenvalue weighted by Crippen LogP contribution is 2.19. The number of fused-ring (bicyclic) bond motifs is 1. The van der Waals surface area contributed by atoms with Crippen LogP contribution in [0, 0.1) is 0 Å². The SMILES string of the molecule is O=Cc1ccc2cc(O)[nH]c2c1. The molecule has 0 aliphatic rings. The van der Waals surface area contributed by atoms with Crippen molar-refractivity contribution < 1.29 is 9.90 Å². The summed E-state index contributed by atoms with van der Waals surface area (Å²) in [5.74, 6) is 0.119. The number of aromatic hydroxyl groups is 1. The minimum atomic E-state index is 0.119. The summed E-state index contributed by atoms with van der Waals surface area (Å²) < 4.78 is 0. The number of carbonyl (C=O) groups excluding carboxylic acids is 1. The van der Waals surface area contributed by atoms with Crippen molar-refractivity contribution in [2.24, 2.45) is 0 Å². The van der Waals surface area contributed by atoms with Gasteiger partial charge in [-0.15, -0.1) is 0 Å². The fourth-order valence-corrected chi connectivity index (χ4v) is 1.20. The molecule has 1 aromatic carbocycles. The van der Waals surface area contributed by atoms with Gasteiger partial charge in [-0.25, -0.2) is 0 Å². The molecule has 0 spiro atoms. The van der Waals surface area contributed by atoms with E-state index in [1.807, 2.05) is 0 Å². The maximum Gasteiger partial charge on any atom is 0.189 e. The molecule has 2 rings (SSSR count). The summed E-state index contributed by atoms with van der Waals surface area (Å²) in [5.41, 5.74) is 1.38. The van der Waals surface area contributed by atoms with Crippen molar-refractivity contribution in [1.82, 2.24) is 4.98 Å². The highest BCUT2D eigenvalue weighted by molar-refractivity contribution is 5.87. The Hall–Kier alpha value is -1.77. The van der Waals surface area contributed by atoms with Crippen LogP contribution in [-0.4, -0.2) is 16.4 Å². The number of hydrogen-bond acceptors (Lipinski definition) is 2. The van der Waals surface area contributed by atoms with Crippen molar-refractivity contribution in [1.29, 1.82) is 0 Å². The molecule has 0 aliphatic carbocycles. The molecular weight excluding hydrogens is 154 g/mol. The van der Waals surface area contributed by atoms with Crippen molar-refractivity contribution >= 4 is 17.2 Å². The molecular formula is C9H7NO2. The Labute approximate surface area is 68.6 Å². The number of aromatic nitrogens is 1. The van der Waals surface area contributed by atoms with Gasteiger partial charge in [0.05, 0.1) is 0 Å². The number of hydrogen-bond donors (Lipinski definition) is 2. The maximum atomic E-state index is 10.4. The number of rotatable bonds is 1. The zero-order chi connectivity index (χ0) is 8.55. The van der Waals surface area contributed by atoms with E-state index in [4.69, 9.17) is 5.11 Å². The average Bonchev–Trinajstić information content (AvgIpc) is 2.43. The fourth-order valence-electron chi connectivity index (χ4n) is 1.20. The standard InChI is InChI=1S/C9H7NO2/c11-5-6-1-2-7-4-9(12)10-8(7)3-6/h1-5,10,12H. The minimum absolute atomic E-state index is 0.119. The monoisotopic (exact) mass is 161 g/mol. The third-order valence-corrected chi connectivity index (χ3v) is 1.77. The molecule has 1 aromatic heterocycles. The Morgan fingerprint density at radius 3 is 2.92 bits per heavy atom. The van der Waals surface area contributed by atoms with E-state index in [1.165, 1.54) is 0 Å². The van der Waals surface area contributed by atoms with Gasteiger partial charge in [0.2, 0.25) is 0 Å². The zero-order valence-electron chi connectivity index (χ0n) is 6.24. The van der Waals surface area contributed by atoms with Gasteiger partial charge in [0.15, 0.2) is 5.88 Å². The topological polar surface area (TPSA) is 53.1 Å². The molecule has 0 saturated carbocycles. The summed E-state index contributed by atoms with van der Waals surface area (Å²) in [6.45, 7) is 0. The molecule has 1 heterocycles. The highest BCUT2D eigenvalue weighted by atomic mass is 16.3. The normalized spacial score (nSPS) is 10.3. The largest absolute Gasteiger partial charge is 0.495 e. The van der Waals surface area contributed by atoms with E-state index in [0.29, 0.717) is 5.56 Å². The Kier molecular flexibility index (Phi) is 1.37. The predicted octanol–water partition coefficient (Wildman–Crippen LogP) is 1.69. The predicted molar refractivity (Wildman–Crippen MR) is 45.4 cm³/mol. The van der Waals surface area contributed by atoms with Gasteiger partial charge >= 0.3 is 0 Å². The van der Waals surface area contributed by atoms with E-state index in [9.17, 15) is 4.79 Å². The summed E-state index contributed by atoms with van der Waals surface area (Å²) in [7, 11) is 0. The average molecular weight is 161 g/mol. The van der Waals surface area contributed by atoms with E-state index >= 15 is 0 Å². The zero-order valence-corrected chi connectivity index (χ0v) is 6.24. The molecule has 3 heteroatoms. The van der Waals surface area contributed by atoms with Gasteiger partial charge in [0.25, 0.3) is 0 Å². The van der Waals surface area contributed by atoms with E-state index in [2.05, 4.69) is 4.98 Å². The molecule has 2 N–H and O–H groups in total. The number of aldehydes is 1. The lowest BCUT2D eigenvalue weighted by molar-refractivity contribution is 0.112. The van der Waals surface area contributed by atoms with Crippen molar-refractivity contribution in [2.45, 2.75) is 0 Å². The van der Waals surface area contributed by atoms with Crippen LogP contribution < -0.4 is 0 Å². The molecule has 0 aliphatic heterocycles. The van der Waals surface area contributed by atoms with Gasteiger partial charge in [-0.05, 0) is 6.07 Å². The van der Waals surface area contributed by atoms with Crippen molar-refractivity contribution in [3.05, 3.63) is 29.8 Å². The number of carbonyl (C=O) groups is 1. The summed E-state index contributed by atoms with van der Waals surface area (Å²) >= 11 is 0. The van der Waals surface area contributed by atoms with E-state index in [1.54, 1.807) is 24.3 Å². The molecule has 12 heavy (non-hydrogen) atoms. The lowest BCUT2D eigenvalue weighted by atomic mass is 10.2. The minimum Gasteiger partial charge on any atom is -0.495 e. The molecule has 0 atom stereocenters. The number of nitrogens with one attached hydrogen (secondary N) is 1. The second-order valence-electron chi connectivity index (χ2n) is 2.62. The van der Waals surface area contributed by atoms with Gasteiger partial charge in [0.1, 0.15) is 6.29 Å². The number of benzene rings is 1. The molecule has 60 valence electrons. The lowest BCUT2D eigenvalue weighted by Gasteiger charge is -1.89. The molecule has 0 fully saturated rings. The van der Waals surface area contributed by atoms with E-state index in [-0.39, 0.29) is 5.88 Å². The first-order valence-corrected chi connectivity index (χ1v) is 3.56. The van der Waals surface area contributed by atoms with Crippen molar-refractivity contribution in [2.75, 3.05) is 0 Å². The molecule has 0 bridgehead atoms. The van der Waals surface area contributed by atoms with Gasteiger partial charge in [0, 0.05) is 22.5 Å². The lowest BCUT2D eigenvalue weighted by Crippen LogP contribution is -1.77. The Morgan fingerprint density at radius 2 is 2.17 bits per heavy atom. The van der Waals surface area contributed by atoms with Crippen LogP contribution in [0.15, 0.2) is 24.3 Å². The third kappa shape index (κ3) is 0.955. The van der Waals surface area contributed by atoms with Crippen LogP contribution in [0.4, 0.5) is 0 Å². The Balaban J connectivity index is 2.74. The first kappa shape index (κ1) is 6.91. The van der Waals surface area contributed by atoms with Gasteiger partial charge in [-0.3, -0.25) is 4.79 Å². The van der Waals surface area contributed by atoms with Crippen LogP contribution in [0.3, 0.4) is 0 Å². The van der Waals surface area contributed by atoms with Crippen LogP contribution in [0.25, 0.3) is 10.9 Å². The van der Waals surface area contributed by atoms with Gasteiger partial charge in [-0.2, -0.15) is 0 Å². The first-order chi connectivity index (χ1) is 5.79. The number of aromatic amines is 1. The Morgan fingerprint density at radius 1 is 1.33 bits per heavy atom. The van der Waals surface area contributed by atoms with Crippen LogP contribution in [-0.2, 0) is 0 Å². The smallest absolute Gasteiger partial charge is 0.189 e. The fraction of sp³-hybridized carbons (Fsp3) is 0. The summed E-state index contributed by atoms with van der Waals surface area (Å²) in [5, 5.41) is 9.98. The van der Waals surface area contributed by atoms with Gasteiger partial charge < -0.3 is 10.1 Å². The number of H-pyrrole nitrogens is 1. The van der Waals surface area contributed by atoms with Crippen LogP contribution in [0.5, 0.6) is 5.88 Å². The van der Waals surface area contributed by atoms with Crippen LogP contribution >= 0.6 is 0 Å². The second-order valence-corrected chi connectivity index (χ2v) is 2.62. The van der Waals surface area contributed by atoms with Gasteiger partial charge in [-0.1, -0.05) is 12.1 Å². The molecule has 0 amide bonds. The van der Waals surface area contributed by atoms with Crippen LogP contribution in [0.1, 0.15) is 10.4 Å². The first-order valence-electron chi connectivity index (χ1n) is 3.56. The van der Waals surface area contributed by atoms with Crippen molar-refractivity contribution in [3.63, 3.8) is 0 Å². The van der Waals surface area contributed by atoms with E-state index in [0.717, 1.165) is 17.2 Å². The molecule has 0 unspecified atom stereocenters. The molecule has 0 radical (unpaired) electrons. The molecule has 0 saturated heterocycles. The summed E-state index contributed by atoms with van der Waals surface area (Å²) in [4.78, 5) is 13.1. The quantitative estimate of drug-likeness (QED) is 0.625. The van der Waals surface area contributed by atoms with Crippen molar-refractivity contribution in [3.8, 4) is 5.88 Å². The molecule has 2 aromatic rings. The van der Waals surface area contributed by atoms with Crippen LogP contribution in [0.2, 0.25) is 0 Å². The summed E-state index contributed by atoms with van der Waals surface area (Å²) in [6.07, 6.45) is 0.775. The highest BCUT2D eigenvalue weighted by Gasteiger charge is 1.98. The molecule has 3 nitrogen and oxygen atoms in total. The maximum absolute atomic E-state index is 10.4. The third-order valence-electron chi connectivity index (χ3n) is 1.77. The second kappa shape index (κ2) is 2.37. The van der Waals surface area contributed by atoms with E-state index < -0.39 is 0 Å². The Bertz CT molecular complexity index is 431.